The van der Waals surface area contributed by atoms with Crippen LogP contribution >= 0.6 is 0 Å². The molecule has 112 valence electrons. The zero-order chi connectivity index (χ0) is 14.6. The molecule has 1 unspecified atom stereocenters. The first-order valence-corrected chi connectivity index (χ1v) is 7.04. The highest BCUT2D eigenvalue weighted by Gasteiger charge is 2.31. The van der Waals surface area contributed by atoms with Gasteiger partial charge in [-0.15, -0.1) is 0 Å². The Bertz CT molecular complexity index is 416. The lowest BCUT2D eigenvalue weighted by Crippen LogP contribution is -2.34. The normalized spacial score (nSPS) is 21.1. The molecule has 1 aromatic rings. The van der Waals surface area contributed by atoms with Crippen LogP contribution in [-0.2, 0) is 6.18 Å². The molecule has 1 atom stereocenters. The molecule has 0 aliphatic carbocycles. The van der Waals surface area contributed by atoms with Gasteiger partial charge >= 0.3 is 6.18 Å². The van der Waals surface area contributed by atoms with Crippen LogP contribution in [0.15, 0.2) is 24.3 Å². The molecule has 0 spiro atoms. The van der Waals surface area contributed by atoms with Crippen LogP contribution < -0.4 is 0 Å². The van der Waals surface area contributed by atoms with Gasteiger partial charge in [-0.05, 0) is 43.5 Å². The zero-order valence-corrected chi connectivity index (χ0v) is 11.4. The SMILES string of the molecule is OCCCN1CCCCC1c1ccc(C(F)(F)F)cc1. The Morgan fingerprint density at radius 3 is 2.45 bits per heavy atom. The summed E-state index contributed by atoms with van der Waals surface area (Å²) < 4.78 is 37.7. The summed E-state index contributed by atoms with van der Waals surface area (Å²) in [5.74, 6) is 0. The summed E-state index contributed by atoms with van der Waals surface area (Å²) in [5.41, 5.74) is 0.342. The minimum atomic E-state index is -4.28. The van der Waals surface area contributed by atoms with Gasteiger partial charge in [0.15, 0.2) is 0 Å². The lowest BCUT2D eigenvalue weighted by Gasteiger charge is -2.36. The molecular weight excluding hydrogens is 267 g/mol. The quantitative estimate of drug-likeness (QED) is 0.914. The van der Waals surface area contributed by atoms with Crippen LogP contribution in [0.5, 0.6) is 0 Å². The average Bonchev–Trinajstić information content (AvgIpc) is 2.45. The standard InChI is InChI=1S/C15H20F3NO/c16-15(17,18)13-7-5-12(6-8-13)14-4-1-2-9-19(14)10-3-11-20/h5-8,14,20H,1-4,9-11H2. The third-order valence-electron chi connectivity index (χ3n) is 3.84. The topological polar surface area (TPSA) is 23.5 Å². The molecule has 0 radical (unpaired) electrons. The van der Waals surface area contributed by atoms with Crippen molar-refractivity contribution in [2.75, 3.05) is 19.7 Å². The van der Waals surface area contributed by atoms with E-state index in [1.165, 1.54) is 0 Å². The number of halogens is 3. The van der Waals surface area contributed by atoms with Crippen molar-refractivity contribution in [3.63, 3.8) is 0 Å². The molecule has 0 saturated carbocycles. The first-order valence-electron chi connectivity index (χ1n) is 7.04. The third-order valence-corrected chi connectivity index (χ3v) is 3.84. The Morgan fingerprint density at radius 1 is 1.15 bits per heavy atom. The van der Waals surface area contributed by atoms with Gasteiger partial charge in [0.2, 0.25) is 0 Å². The molecule has 1 heterocycles. The van der Waals surface area contributed by atoms with E-state index in [1.54, 1.807) is 12.1 Å². The Hall–Kier alpha value is -1.07. The second-order valence-electron chi connectivity index (χ2n) is 5.24. The van der Waals surface area contributed by atoms with E-state index in [1.807, 2.05) is 0 Å². The van der Waals surface area contributed by atoms with Crippen molar-refractivity contribution in [2.45, 2.75) is 37.9 Å². The molecule has 1 N–H and O–H groups in total. The van der Waals surface area contributed by atoms with Gasteiger partial charge in [-0.25, -0.2) is 0 Å². The van der Waals surface area contributed by atoms with Gasteiger partial charge in [-0.2, -0.15) is 13.2 Å². The monoisotopic (exact) mass is 287 g/mol. The number of nitrogens with zero attached hydrogens (tertiary/aromatic N) is 1. The second-order valence-corrected chi connectivity index (χ2v) is 5.24. The summed E-state index contributed by atoms with van der Waals surface area (Å²) in [6, 6.07) is 5.68. The molecule has 20 heavy (non-hydrogen) atoms. The minimum Gasteiger partial charge on any atom is -0.396 e. The van der Waals surface area contributed by atoms with E-state index in [4.69, 9.17) is 5.11 Å². The van der Waals surface area contributed by atoms with Crippen LogP contribution in [0, 0.1) is 0 Å². The van der Waals surface area contributed by atoms with Crippen LogP contribution in [0.2, 0.25) is 0 Å². The number of rotatable bonds is 4. The molecule has 0 bridgehead atoms. The molecule has 5 heteroatoms. The van der Waals surface area contributed by atoms with Crippen molar-refractivity contribution < 1.29 is 18.3 Å². The van der Waals surface area contributed by atoms with Crippen molar-refractivity contribution in [1.82, 2.24) is 4.90 Å². The molecule has 1 aliphatic rings. The fraction of sp³-hybridized carbons (Fsp3) is 0.600. The summed E-state index contributed by atoms with van der Waals surface area (Å²) in [4.78, 5) is 2.27. The second kappa shape index (κ2) is 6.59. The van der Waals surface area contributed by atoms with Gasteiger partial charge < -0.3 is 5.11 Å². The van der Waals surface area contributed by atoms with Crippen molar-refractivity contribution in [3.8, 4) is 0 Å². The van der Waals surface area contributed by atoms with Gasteiger partial charge in [-0.3, -0.25) is 4.90 Å². The van der Waals surface area contributed by atoms with Gasteiger partial charge in [-0.1, -0.05) is 18.6 Å². The van der Waals surface area contributed by atoms with Crippen molar-refractivity contribution >= 4 is 0 Å². The average molecular weight is 287 g/mol. The van der Waals surface area contributed by atoms with Crippen LogP contribution in [0.25, 0.3) is 0 Å². The first kappa shape index (κ1) is 15.3. The van der Waals surface area contributed by atoms with Crippen LogP contribution in [0.1, 0.15) is 42.9 Å². The Morgan fingerprint density at radius 2 is 1.85 bits per heavy atom. The lowest BCUT2D eigenvalue weighted by atomic mass is 9.94. The number of hydrogen-bond acceptors (Lipinski definition) is 2. The molecule has 1 fully saturated rings. The Labute approximate surface area is 117 Å². The number of hydrogen-bond donors (Lipinski definition) is 1. The van der Waals surface area contributed by atoms with Crippen LogP contribution in [-0.4, -0.2) is 29.7 Å². The van der Waals surface area contributed by atoms with E-state index in [2.05, 4.69) is 4.90 Å². The largest absolute Gasteiger partial charge is 0.416 e. The number of benzene rings is 1. The maximum absolute atomic E-state index is 12.6. The number of piperidine rings is 1. The van der Waals surface area contributed by atoms with Crippen molar-refractivity contribution in [3.05, 3.63) is 35.4 Å². The molecule has 1 aromatic carbocycles. The molecule has 2 rings (SSSR count). The number of alkyl halides is 3. The summed E-state index contributed by atoms with van der Waals surface area (Å²) >= 11 is 0. The van der Waals surface area contributed by atoms with E-state index >= 15 is 0 Å². The smallest absolute Gasteiger partial charge is 0.396 e. The molecule has 1 aliphatic heterocycles. The number of aliphatic hydroxyl groups excluding tert-OH is 1. The first-order chi connectivity index (χ1) is 9.52. The third kappa shape index (κ3) is 3.73. The lowest BCUT2D eigenvalue weighted by molar-refractivity contribution is -0.137. The Kier molecular flexibility index (Phi) is 5.05. The highest BCUT2D eigenvalue weighted by Crippen LogP contribution is 2.34. The molecular formula is C15H20F3NO. The predicted molar refractivity (Wildman–Crippen MR) is 71.3 cm³/mol. The van der Waals surface area contributed by atoms with Gasteiger partial charge in [0.05, 0.1) is 5.56 Å². The Balaban J connectivity index is 2.11. The van der Waals surface area contributed by atoms with E-state index in [0.717, 1.165) is 50.0 Å². The summed E-state index contributed by atoms with van der Waals surface area (Å²) in [6.45, 7) is 1.89. The van der Waals surface area contributed by atoms with Crippen molar-refractivity contribution in [2.24, 2.45) is 0 Å². The fourth-order valence-electron chi connectivity index (χ4n) is 2.80. The fourth-order valence-corrected chi connectivity index (χ4v) is 2.80. The molecule has 0 aromatic heterocycles. The van der Waals surface area contributed by atoms with E-state index < -0.39 is 11.7 Å². The summed E-state index contributed by atoms with van der Waals surface area (Å²) in [6.07, 6.45) is -0.389. The number of aliphatic hydroxyl groups is 1. The maximum atomic E-state index is 12.6. The minimum absolute atomic E-state index is 0.149. The van der Waals surface area contributed by atoms with E-state index in [-0.39, 0.29) is 12.6 Å². The van der Waals surface area contributed by atoms with Crippen LogP contribution in [0.3, 0.4) is 0 Å². The van der Waals surface area contributed by atoms with Gasteiger partial charge in [0.1, 0.15) is 0 Å². The van der Waals surface area contributed by atoms with Crippen molar-refractivity contribution in [1.29, 1.82) is 0 Å². The zero-order valence-electron chi connectivity index (χ0n) is 11.4. The molecule has 0 amide bonds. The predicted octanol–water partition coefficient (Wildman–Crippen LogP) is 3.61. The van der Waals surface area contributed by atoms with Crippen LogP contribution in [0.4, 0.5) is 13.2 Å². The number of likely N-dealkylation sites (tertiary alicyclic amines) is 1. The van der Waals surface area contributed by atoms with E-state index in [9.17, 15) is 13.2 Å². The maximum Gasteiger partial charge on any atom is 0.416 e. The van der Waals surface area contributed by atoms with E-state index in [0.29, 0.717) is 6.42 Å². The van der Waals surface area contributed by atoms with Gasteiger partial charge in [0.25, 0.3) is 0 Å². The highest BCUT2D eigenvalue weighted by atomic mass is 19.4. The summed E-state index contributed by atoms with van der Waals surface area (Å²) in [7, 11) is 0. The highest BCUT2D eigenvalue weighted by molar-refractivity contribution is 5.27. The van der Waals surface area contributed by atoms with Gasteiger partial charge in [0, 0.05) is 19.2 Å². The summed E-state index contributed by atoms with van der Waals surface area (Å²) in [5, 5.41) is 8.93. The molecule has 1 saturated heterocycles. The molecule has 2 nitrogen and oxygen atoms in total.